The van der Waals surface area contributed by atoms with Crippen LogP contribution in [0.2, 0.25) is 0 Å². The number of nitrogens with one attached hydrogen (secondary N) is 1. The highest BCUT2D eigenvalue weighted by Crippen LogP contribution is 2.22. The zero-order valence-electron chi connectivity index (χ0n) is 17.5. The summed E-state index contributed by atoms with van der Waals surface area (Å²) in [6.45, 7) is 4.75. The van der Waals surface area contributed by atoms with Crippen LogP contribution in [0.1, 0.15) is 24.0 Å². The van der Waals surface area contributed by atoms with E-state index < -0.39 is 10.0 Å². The van der Waals surface area contributed by atoms with Crippen molar-refractivity contribution in [1.29, 1.82) is 0 Å². The topological polar surface area (TPSA) is 82.1 Å². The summed E-state index contributed by atoms with van der Waals surface area (Å²) in [6.07, 6.45) is 2.05. The zero-order valence-corrected chi connectivity index (χ0v) is 18.4. The molecule has 8 heteroatoms. The van der Waals surface area contributed by atoms with Crippen molar-refractivity contribution in [2.75, 3.05) is 39.3 Å². The van der Waals surface area contributed by atoms with Crippen LogP contribution < -0.4 is 4.72 Å². The van der Waals surface area contributed by atoms with Crippen LogP contribution in [-0.2, 0) is 21.2 Å². The number of amides is 1. The van der Waals surface area contributed by atoms with Crippen molar-refractivity contribution in [2.24, 2.45) is 4.99 Å². The van der Waals surface area contributed by atoms with Gasteiger partial charge in [-0.3, -0.25) is 19.4 Å². The third-order valence-corrected chi connectivity index (χ3v) is 7.16. The van der Waals surface area contributed by atoms with Crippen molar-refractivity contribution in [3.05, 3.63) is 65.7 Å². The van der Waals surface area contributed by atoms with E-state index in [0.29, 0.717) is 30.8 Å². The first-order valence-corrected chi connectivity index (χ1v) is 12.2. The monoisotopic (exact) mass is 440 g/mol. The third kappa shape index (κ3) is 5.32. The maximum atomic E-state index is 12.5. The second-order valence-electron chi connectivity index (χ2n) is 7.89. The van der Waals surface area contributed by atoms with Gasteiger partial charge in [-0.2, -0.15) is 0 Å². The molecule has 2 aliphatic heterocycles. The minimum atomic E-state index is -3.51. The highest BCUT2D eigenvalue weighted by atomic mass is 32.2. The molecule has 0 unspecified atom stereocenters. The Morgan fingerprint density at radius 2 is 1.68 bits per heavy atom. The van der Waals surface area contributed by atoms with Crippen LogP contribution in [0.25, 0.3) is 0 Å². The van der Waals surface area contributed by atoms with Gasteiger partial charge in [0.1, 0.15) is 5.84 Å². The smallest absolute Gasteiger partial charge is 0.263 e. The number of amidine groups is 1. The van der Waals surface area contributed by atoms with Gasteiger partial charge < -0.3 is 4.90 Å². The summed E-state index contributed by atoms with van der Waals surface area (Å²) in [7, 11) is -3.51. The summed E-state index contributed by atoms with van der Waals surface area (Å²) in [4.78, 5) is 21.5. The minimum absolute atomic E-state index is 0.148. The van der Waals surface area contributed by atoms with Crippen molar-refractivity contribution in [2.45, 2.75) is 24.2 Å². The van der Waals surface area contributed by atoms with Gasteiger partial charge >= 0.3 is 0 Å². The molecule has 2 aromatic rings. The van der Waals surface area contributed by atoms with Crippen LogP contribution in [0, 0.1) is 0 Å². The molecule has 1 N–H and O–H groups in total. The molecule has 0 radical (unpaired) electrons. The lowest BCUT2D eigenvalue weighted by molar-refractivity contribution is -0.133. The van der Waals surface area contributed by atoms with Crippen LogP contribution >= 0.6 is 0 Å². The van der Waals surface area contributed by atoms with Crippen LogP contribution in [0.4, 0.5) is 0 Å². The third-order valence-electron chi connectivity index (χ3n) is 5.77. The summed E-state index contributed by atoms with van der Waals surface area (Å²) in [5, 5.41) is 0. The fraction of sp³-hybridized carbons (Fsp3) is 0.391. The lowest BCUT2D eigenvalue weighted by Gasteiger charge is -2.34. The quantitative estimate of drug-likeness (QED) is 0.667. The molecule has 2 aliphatic rings. The Labute approximate surface area is 183 Å². The fourth-order valence-corrected chi connectivity index (χ4v) is 5.23. The summed E-state index contributed by atoms with van der Waals surface area (Å²) < 4.78 is 26.7. The van der Waals surface area contributed by atoms with E-state index in [0.717, 1.165) is 39.1 Å². The van der Waals surface area contributed by atoms with E-state index in [1.165, 1.54) is 5.56 Å². The summed E-state index contributed by atoms with van der Waals surface area (Å²) >= 11 is 0. The molecule has 0 aromatic heterocycles. The van der Waals surface area contributed by atoms with E-state index in [1.807, 2.05) is 11.0 Å². The molecule has 31 heavy (non-hydrogen) atoms. The predicted molar refractivity (Wildman–Crippen MR) is 121 cm³/mol. The Balaban J connectivity index is 1.19. The molecule has 0 saturated carbocycles. The van der Waals surface area contributed by atoms with Gasteiger partial charge in [0.15, 0.2) is 0 Å². The van der Waals surface area contributed by atoms with Crippen molar-refractivity contribution in [1.82, 2.24) is 14.5 Å². The van der Waals surface area contributed by atoms with Crippen molar-refractivity contribution in [3.8, 4) is 0 Å². The first kappa shape index (κ1) is 21.5. The number of benzene rings is 2. The number of aliphatic imine (C=N–C) groups is 1. The molecular formula is C23H28N4O3S. The molecule has 2 aromatic carbocycles. The number of piperazine rings is 1. The first-order valence-electron chi connectivity index (χ1n) is 10.7. The molecule has 1 amide bonds. The average molecular weight is 441 g/mol. The molecule has 164 valence electrons. The highest BCUT2D eigenvalue weighted by molar-refractivity contribution is 7.90. The van der Waals surface area contributed by atoms with E-state index in [2.05, 4.69) is 38.9 Å². The summed E-state index contributed by atoms with van der Waals surface area (Å²) in [5.41, 5.74) is 1.94. The lowest BCUT2D eigenvalue weighted by atomic mass is 10.1. The Bertz CT molecular complexity index is 1050. The van der Waals surface area contributed by atoms with Gasteiger partial charge in [0.25, 0.3) is 10.0 Å². The standard InChI is InChI=1S/C23H28N4O3S/c28-22(27-17-15-26(16-18-27)14-12-19-7-2-1-3-8-19)11-6-13-24-23-20-9-4-5-10-21(20)31(29,30)25-23/h1-5,7-10H,6,11-18H2,(H,24,25). The van der Waals surface area contributed by atoms with Crippen LogP contribution in [-0.4, -0.2) is 69.2 Å². The van der Waals surface area contributed by atoms with E-state index in [9.17, 15) is 13.2 Å². The second-order valence-corrected chi connectivity index (χ2v) is 9.54. The Hall–Kier alpha value is -2.71. The number of hydrogen-bond donors (Lipinski definition) is 1. The van der Waals surface area contributed by atoms with Crippen molar-refractivity contribution in [3.63, 3.8) is 0 Å². The van der Waals surface area contributed by atoms with Crippen molar-refractivity contribution >= 4 is 21.8 Å². The summed E-state index contributed by atoms with van der Waals surface area (Å²) in [6, 6.07) is 17.3. The lowest BCUT2D eigenvalue weighted by Crippen LogP contribution is -2.49. The Kier molecular flexibility index (Phi) is 6.67. The van der Waals surface area contributed by atoms with E-state index in [-0.39, 0.29) is 10.8 Å². The molecule has 2 heterocycles. The van der Waals surface area contributed by atoms with Gasteiger partial charge in [0.2, 0.25) is 5.91 Å². The number of hydrogen-bond acceptors (Lipinski definition) is 5. The molecule has 0 bridgehead atoms. The van der Waals surface area contributed by atoms with Crippen molar-refractivity contribution < 1.29 is 13.2 Å². The number of carbonyl (C=O) groups excluding carboxylic acids is 1. The van der Waals surface area contributed by atoms with Crippen LogP contribution in [0.15, 0.2) is 64.5 Å². The van der Waals surface area contributed by atoms with Gasteiger partial charge in [-0.15, -0.1) is 0 Å². The number of rotatable bonds is 7. The highest BCUT2D eigenvalue weighted by Gasteiger charge is 2.30. The largest absolute Gasteiger partial charge is 0.340 e. The molecule has 0 spiro atoms. The predicted octanol–water partition coefficient (Wildman–Crippen LogP) is 1.89. The Morgan fingerprint density at radius 1 is 0.968 bits per heavy atom. The molecule has 7 nitrogen and oxygen atoms in total. The summed E-state index contributed by atoms with van der Waals surface area (Å²) in [5.74, 6) is 0.519. The van der Waals surface area contributed by atoms with E-state index in [4.69, 9.17) is 0 Å². The normalized spacial score (nSPS) is 19.2. The van der Waals surface area contributed by atoms with Gasteiger partial charge in [-0.05, 0) is 30.5 Å². The molecular weight excluding hydrogens is 412 g/mol. The first-order chi connectivity index (χ1) is 15.0. The molecule has 4 rings (SSSR count). The van der Waals surface area contributed by atoms with Crippen LogP contribution in [0.5, 0.6) is 0 Å². The SMILES string of the molecule is O=C(CCCN=C1NS(=O)(=O)c2ccccc21)N1CCN(CCc2ccccc2)CC1. The average Bonchev–Trinajstić information content (AvgIpc) is 3.06. The van der Waals surface area contributed by atoms with E-state index in [1.54, 1.807) is 24.3 Å². The number of carbonyl (C=O) groups is 1. The fourth-order valence-electron chi connectivity index (χ4n) is 3.98. The van der Waals surface area contributed by atoms with Gasteiger partial charge in [0, 0.05) is 51.3 Å². The van der Waals surface area contributed by atoms with Gasteiger partial charge in [-0.1, -0.05) is 42.5 Å². The van der Waals surface area contributed by atoms with Crippen LogP contribution in [0.3, 0.4) is 0 Å². The maximum Gasteiger partial charge on any atom is 0.263 e. The van der Waals surface area contributed by atoms with Gasteiger partial charge in [0.05, 0.1) is 4.90 Å². The molecule has 0 atom stereocenters. The number of fused-ring (bicyclic) bond motifs is 1. The Morgan fingerprint density at radius 3 is 2.45 bits per heavy atom. The molecule has 1 fully saturated rings. The number of sulfonamides is 1. The number of nitrogens with zero attached hydrogens (tertiary/aromatic N) is 3. The zero-order chi connectivity index (χ0) is 21.7. The second kappa shape index (κ2) is 9.62. The molecule has 1 saturated heterocycles. The van der Waals surface area contributed by atoms with E-state index >= 15 is 0 Å². The molecule has 0 aliphatic carbocycles. The maximum absolute atomic E-state index is 12.5. The minimum Gasteiger partial charge on any atom is -0.340 e. The van der Waals surface area contributed by atoms with Gasteiger partial charge in [-0.25, -0.2) is 8.42 Å².